The maximum absolute atomic E-state index is 11.5. The fraction of sp³-hybridized carbons (Fsp3) is 0.750. The van der Waals surface area contributed by atoms with E-state index in [1.54, 1.807) is 6.20 Å². The van der Waals surface area contributed by atoms with Gasteiger partial charge in [-0.1, -0.05) is 0 Å². The highest BCUT2D eigenvalue weighted by Crippen LogP contribution is 2.22. The third-order valence-electron chi connectivity index (χ3n) is 3.15. The maximum Gasteiger partial charge on any atom is 0.194 e. The van der Waals surface area contributed by atoms with E-state index in [2.05, 4.69) is 4.98 Å². The predicted octanol–water partition coefficient (Wildman–Crippen LogP) is 0.932. The lowest BCUT2D eigenvalue weighted by Crippen LogP contribution is -2.26. The second kappa shape index (κ2) is 5.40. The fourth-order valence-electron chi connectivity index (χ4n) is 2.38. The summed E-state index contributed by atoms with van der Waals surface area (Å²) >= 11 is 0. The molecule has 18 heavy (non-hydrogen) atoms. The zero-order chi connectivity index (χ0) is 13.2. The van der Waals surface area contributed by atoms with E-state index >= 15 is 0 Å². The summed E-state index contributed by atoms with van der Waals surface area (Å²) in [5.41, 5.74) is 5.69. The van der Waals surface area contributed by atoms with Gasteiger partial charge in [0, 0.05) is 18.9 Å². The molecule has 102 valence electrons. The van der Waals surface area contributed by atoms with Crippen molar-refractivity contribution in [3.8, 4) is 0 Å². The molecule has 5 nitrogen and oxygen atoms in total. The molecule has 2 N–H and O–H groups in total. The lowest BCUT2D eigenvalue weighted by Gasteiger charge is -2.20. The molecule has 0 aromatic carbocycles. The molecule has 2 heterocycles. The van der Waals surface area contributed by atoms with Gasteiger partial charge in [-0.2, -0.15) is 0 Å². The van der Waals surface area contributed by atoms with E-state index in [9.17, 15) is 8.42 Å². The lowest BCUT2D eigenvalue weighted by atomic mass is 10.0. The van der Waals surface area contributed by atoms with Crippen molar-refractivity contribution in [2.24, 2.45) is 11.7 Å². The van der Waals surface area contributed by atoms with Crippen LogP contribution < -0.4 is 5.73 Å². The van der Waals surface area contributed by atoms with Crippen molar-refractivity contribution in [3.63, 3.8) is 0 Å². The van der Waals surface area contributed by atoms with Crippen LogP contribution in [0.1, 0.15) is 31.4 Å². The van der Waals surface area contributed by atoms with Crippen molar-refractivity contribution in [1.29, 1.82) is 0 Å². The van der Waals surface area contributed by atoms with E-state index in [0.29, 0.717) is 24.5 Å². The summed E-state index contributed by atoms with van der Waals surface area (Å²) < 4.78 is 28.6. The number of nitrogens with zero attached hydrogens (tertiary/aromatic N) is 1. The lowest BCUT2D eigenvalue weighted by molar-refractivity contribution is 0.395. The van der Waals surface area contributed by atoms with Gasteiger partial charge in [0.2, 0.25) is 0 Å². The SMILES string of the molecule is CC(N)Cc1cnc(CC2CCCS(=O)(=O)C2)o1. The van der Waals surface area contributed by atoms with Crippen molar-refractivity contribution in [3.05, 3.63) is 17.8 Å². The normalized spacial score (nSPS) is 24.9. The molecule has 1 aliphatic heterocycles. The highest BCUT2D eigenvalue weighted by atomic mass is 32.2. The van der Waals surface area contributed by atoms with Gasteiger partial charge in [-0.25, -0.2) is 13.4 Å². The first kappa shape index (κ1) is 13.5. The number of nitrogens with two attached hydrogens (primary N) is 1. The van der Waals surface area contributed by atoms with Crippen LogP contribution in [0.3, 0.4) is 0 Å². The van der Waals surface area contributed by atoms with Gasteiger partial charge in [-0.05, 0) is 25.7 Å². The molecule has 0 radical (unpaired) electrons. The third-order valence-corrected chi connectivity index (χ3v) is 5.04. The molecule has 2 atom stereocenters. The molecule has 1 aromatic heterocycles. The Labute approximate surface area is 108 Å². The van der Waals surface area contributed by atoms with Gasteiger partial charge in [-0.3, -0.25) is 0 Å². The Morgan fingerprint density at radius 3 is 3.06 bits per heavy atom. The average molecular weight is 272 g/mol. The summed E-state index contributed by atoms with van der Waals surface area (Å²) in [6.45, 7) is 1.91. The van der Waals surface area contributed by atoms with Crippen molar-refractivity contribution < 1.29 is 12.8 Å². The summed E-state index contributed by atoms with van der Waals surface area (Å²) in [4.78, 5) is 4.19. The molecule has 0 aliphatic carbocycles. The Hall–Kier alpha value is -0.880. The van der Waals surface area contributed by atoms with Crippen LogP contribution in [-0.4, -0.2) is 30.9 Å². The largest absolute Gasteiger partial charge is 0.446 e. The second-order valence-electron chi connectivity index (χ2n) is 5.23. The summed E-state index contributed by atoms with van der Waals surface area (Å²) in [6, 6.07) is 0.0425. The van der Waals surface area contributed by atoms with Crippen molar-refractivity contribution in [2.75, 3.05) is 11.5 Å². The van der Waals surface area contributed by atoms with Gasteiger partial charge < -0.3 is 10.2 Å². The molecular weight excluding hydrogens is 252 g/mol. The number of hydrogen-bond donors (Lipinski definition) is 1. The van der Waals surface area contributed by atoms with Crippen LogP contribution in [0, 0.1) is 5.92 Å². The van der Waals surface area contributed by atoms with Crippen LogP contribution in [0.25, 0.3) is 0 Å². The Bertz CT molecular complexity index is 493. The highest BCUT2D eigenvalue weighted by molar-refractivity contribution is 7.91. The molecule has 1 saturated heterocycles. The average Bonchev–Trinajstić information content (AvgIpc) is 2.62. The Morgan fingerprint density at radius 1 is 1.61 bits per heavy atom. The molecule has 1 aliphatic rings. The zero-order valence-electron chi connectivity index (χ0n) is 10.6. The van der Waals surface area contributed by atoms with E-state index in [-0.39, 0.29) is 17.7 Å². The van der Waals surface area contributed by atoms with Crippen LogP contribution in [0.2, 0.25) is 0 Å². The number of aromatic nitrogens is 1. The Balaban J connectivity index is 1.95. The van der Waals surface area contributed by atoms with E-state index in [1.807, 2.05) is 6.92 Å². The van der Waals surface area contributed by atoms with Crippen molar-refractivity contribution >= 4 is 9.84 Å². The minimum atomic E-state index is -2.85. The summed E-state index contributed by atoms with van der Waals surface area (Å²) in [5.74, 6) is 2.14. The maximum atomic E-state index is 11.5. The van der Waals surface area contributed by atoms with Gasteiger partial charge in [0.15, 0.2) is 15.7 Å². The molecule has 0 spiro atoms. The minimum Gasteiger partial charge on any atom is -0.446 e. The van der Waals surface area contributed by atoms with E-state index < -0.39 is 9.84 Å². The molecule has 0 bridgehead atoms. The van der Waals surface area contributed by atoms with Gasteiger partial charge in [-0.15, -0.1) is 0 Å². The fourth-order valence-corrected chi connectivity index (χ4v) is 4.16. The number of oxazole rings is 1. The number of hydrogen-bond acceptors (Lipinski definition) is 5. The Morgan fingerprint density at radius 2 is 2.39 bits per heavy atom. The quantitative estimate of drug-likeness (QED) is 0.881. The summed E-state index contributed by atoms with van der Waals surface area (Å²) in [5, 5.41) is 0. The Kier molecular flexibility index (Phi) is 4.07. The molecule has 1 fully saturated rings. The van der Waals surface area contributed by atoms with Gasteiger partial charge in [0.1, 0.15) is 5.76 Å². The van der Waals surface area contributed by atoms with Crippen LogP contribution in [0.5, 0.6) is 0 Å². The summed E-state index contributed by atoms with van der Waals surface area (Å²) in [7, 11) is -2.85. The van der Waals surface area contributed by atoms with Crippen LogP contribution in [-0.2, 0) is 22.7 Å². The summed E-state index contributed by atoms with van der Waals surface area (Å²) in [6.07, 6.45) is 4.65. The monoisotopic (exact) mass is 272 g/mol. The third kappa shape index (κ3) is 3.81. The molecule has 0 amide bonds. The zero-order valence-corrected chi connectivity index (χ0v) is 11.4. The first-order valence-corrected chi connectivity index (χ1v) is 8.16. The van der Waals surface area contributed by atoms with Crippen LogP contribution in [0.15, 0.2) is 10.6 Å². The number of rotatable bonds is 4. The first-order chi connectivity index (χ1) is 8.44. The van der Waals surface area contributed by atoms with Crippen LogP contribution >= 0.6 is 0 Å². The number of sulfone groups is 1. The molecule has 0 saturated carbocycles. The van der Waals surface area contributed by atoms with E-state index in [0.717, 1.165) is 18.6 Å². The molecule has 6 heteroatoms. The first-order valence-electron chi connectivity index (χ1n) is 6.34. The van der Waals surface area contributed by atoms with Crippen molar-refractivity contribution in [2.45, 2.75) is 38.6 Å². The molecule has 2 unspecified atom stereocenters. The highest BCUT2D eigenvalue weighted by Gasteiger charge is 2.26. The smallest absolute Gasteiger partial charge is 0.194 e. The second-order valence-corrected chi connectivity index (χ2v) is 7.46. The van der Waals surface area contributed by atoms with Gasteiger partial charge in [0.25, 0.3) is 0 Å². The van der Waals surface area contributed by atoms with Gasteiger partial charge in [0.05, 0.1) is 17.7 Å². The predicted molar refractivity (Wildman–Crippen MR) is 68.9 cm³/mol. The molecule has 2 rings (SSSR count). The van der Waals surface area contributed by atoms with Gasteiger partial charge >= 0.3 is 0 Å². The van der Waals surface area contributed by atoms with E-state index in [1.165, 1.54) is 0 Å². The molecular formula is C12H20N2O3S. The standard InChI is InChI=1S/C12H20N2O3S/c1-9(13)5-11-7-14-12(17-11)6-10-3-2-4-18(15,16)8-10/h7,9-10H,2-6,8,13H2,1H3. The van der Waals surface area contributed by atoms with Crippen LogP contribution in [0.4, 0.5) is 0 Å². The minimum absolute atomic E-state index is 0.0425. The molecule has 1 aromatic rings. The van der Waals surface area contributed by atoms with Crippen molar-refractivity contribution in [1.82, 2.24) is 4.98 Å². The topological polar surface area (TPSA) is 86.2 Å². The van der Waals surface area contributed by atoms with E-state index in [4.69, 9.17) is 10.2 Å².